The van der Waals surface area contributed by atoms with Gasteiger partial charge in [0, 0.05) is 23.3 Å². The number of nitrogens with zero attached hydrogens (tertiary/aromatic N) is 2. The number of carbonyl (C=O) groups excluding carboxylic acids is 1. The molecule has 5 heteroatoms. The number of benzene rings is 2. The third-order valence-electron chi connectivity index (χ3n) is 3.67. The number of thiazole rings is 1. The fraction of sp³-hybridized carbons (Fsp3) is 0.111. The Morgan fingerprint density at radius 2 is 1.96 bits per heavy atom. The number of thioether (sulfide) groups is 1. The summed E-state index contributed by atoms with van der Waals surface area (Å²) in [6.45, 7) is 0.741. The molecule has 4 rings (SSSR count). The highest BCUT2D eigenvalue weighted by Gasteiger charge is 2.20. The van der Waals surface area contributed by atoms with Crippen LogP contribution in [0.3, 0.4) is 0 Å². The van der Waals surface area contributed by atoms with Gasteiger partial charge >= 0.3 is 0 Å². The monoisotopic (exact) mass is 338 g/mol. The van der Waals surface area contributed by atoms with Crippen molar-refractivity contribution in [3.8, 4) is 0 Å². The molecule has 0 saturated heterocycles. The molecule has 0 radical (unpaired) electrons. The SMILES string of the molecule is O=C(/C=C/c1nc2ccccc2s1)N1CCSc2ccccc21. The molecule has 2 aromatic carbocycles. The summed E-state index contributed by atoms with van der Waals surface area (Å²) in [6.07, 6.45) is 3.45. The number of hydrogen-bond donors (Lipinski definition) is 0. The zero-order valence-electron chi connectivity index (χ0n) is 12.3. The van der Waals surface area contributed by atoms with Crippen molar-refractivity contribution in [2.45, 2.75) is 4.90 Å². The molecule has 114 valence electrons. The summed E-state index contributed by atoms with van der Waals surface area (Å²) in [7, 11) is 0. The van der Waals surface area contributed by atoms with Crippen LogP contribution in [0.1, 0.15) is 5.01 Å². The summed E-state index contributed by atoms with van der Waals surface area (Å²) in [5, 5.41) is 0.860. The van der Waals surface area contributed by atoms with Crippen molar-refractivity contribution in [1.82, 2.24) is 4.98 Å². The molecule has 0 aliphatic carbocycles. The first-order valence-electron chi connectivity index (χ1n) is 7.38. The quantitative estimate of drug-likeness (QED) is 0.647. The summed E-state index contributed by atoms with van der Waals surface area (Å²) in [6, 6.07) is 16.1. The molecule has 1 aliphatic heterocycles. The molecule has 3 aromatic rings. The van der Waals surface area contributed by atoms with Gasteiger partial charge in [0.15, 0.2) is 0 Å². The van der Waals surface area contributed by atoms with Gasteiger partial charge in [-0.15, -0.1) is 23.1 Å². The summed E-state index contributed by atoms with van der Waals surface area (Å²) in [5.41, 5.74) is 1.98. The molecular formula is C18H14N2OS2. The van der Waals surface area contributed by atoms with Crippen molar-refractivity contribution in [1.29, 1.82) is 0 Å². The number of rotatable bonds is 2. The highest BCUT2D eigenvalue weighted by atomic mass is 32.2. The first kappa shape index (κ1) is 14.5. The zero-order valence-corrected chi connectivity index (χ0v) is 13.9. The minimum Gasteiger partial charge on any atom is -0.307 e. The van der Waals surface area contributed by atoms with Gasteiger partial charge in [-0.25, -0.2) is 4.98 Å². The first-order valence-corrected chi connectivity index (χ1v) is 9.18. The summed E-state index contributed by atoms with van der Waals surface area (Å²) in [4.78, 5) is 20.1. The van der Waals surface area contributed by atoms with Gasteiger partial charge in [0.1, 0.15) is 5.01 Å². The third kappa shape index (κ3) is 2.90. The summed E-state index contributed by atoms with van der Waals surface area (Å²) < 4.78 is 1.14. The van der Waals surface area contributed by atoms with Crippen molar-refractivity contribution in [3.05, 3.63) is 59.6 Å². The molecule has 0 atom stereocenters. The van der Waals surface area contributed by atoms with Crippen LogP contribution in [0.15, 0.2) is 59.5 Å². The molecule has 1 aliphatic rings. The van der Waals surface area contributed by atoms with Crippen molar-refractivity contribution in [2.24, 2.45) is 0 Å². The first-order chi connectivity index (χ1) is 11.3. The normalized spacial score (nSPS) is 14.3. The Morgan fingerprint density at radius 1 is 1.13 bits per heavy atom. The Bertz CT molecular complexity index is 868. The van der Waals surface area contributed by atoms with E-state index in [0.29, 0.717) is 0 Å². The zero-order chi connectivity index (χ0) is 15.6. The lowest BCUT2D eigenvalue weighted by molar-refractivity contribution is -0.114. The van der Waals surface area contributed by atoms with Crippen molar-refractivity contribution in [2.75, 3.05) is 17.2 Å². The number of carbonyl (C=O) groups is 1. The van der Waals surface area contributed by atoms with Crippen molar-refractivity contribution in [3.63, 3.8) is 0 Å². The van der Waals surface area contributed by atoms with E-state index in [9.17, 15) is 4.79 Å². The highest BCUT2D eigenvalue weighted by molar-refractivity contribution is 7.99. The number of hydrogen-bond acceptors (Lipinski definition) is 4. The van der Waals surface area contributed by atoms with Crippen LogP contribution >= 0.6 is 23.1 Å². The third-order valence-corrected chi connectivity index (χ3v) is 5.72. The van der Waals surface area contributed by atoms with E-state index >= 15 is 0 Å². The molecule has 1 aromatic heterocycles. The lowest BCUT2D eigenvalue weighted by Gasteiger charge is -2.27. The van der Waals surface area contributed by atoms with E-state index in [4.69, 9.17) is 0 Å². The van der Waals surface area contributed by atoms with Gasteiger partial charge in [-0.05, 0) is 30.3 Å². The lowest BCUT2D eigenvalue weighted by Crippen LogP contribution is -2.34. The Labute approximate surface area is 142 Å². The van der Waals surface area contributed by atoms with Crippen LogP contribution in [0.2, 0.25) is 0 Å². The molecule has 3 nitrogen and oxygen atoms in total. The molecule has 0 unspecified atom stereocenters. The average molecular weight is 338 g/mol. The van der Waals surface area contributed by atoms with E-state index in [1.807, 2.05) is 53.4 Å². The van der Waals surface area contributed by atoms with Crippen LogP contribution in [0.4, 0.5) is 5.69 Å². The fourth-order valence-electron chi connectivity index (χ4n) is 2.59. The highest BCUT2D eigenvalue weighted by Crippen LogP contribution is 2.34. The van der Waals surface area contributed by atoms with Gasteiger partial charge in [-0.2, -0.15) is 0 Å². The van der Waals surface area contributed by atoms with E-state index < -0.39 is 0 Å². The van der Waals surface area contributed by atoms with Crippen LogP contribution in [0, 0.1) is 0 Å². The van der Waals surface area contributed by atoms with Crippen molar-refractivity contribution < 1.29 is 4.79 Å². The minimum absolute atomic E-state index is 0.0111. The molecule has 0 spiro atoms. The molecule has 0 saturated carbocycles. The van der Waals surface area contributed by atoms with Crippen LogP contribution in [-0.2, 0) is 4.79 Å². The number of amides is 1. The van der Waals surface area contributed by atoms with E-state index in [1.165, 1.54) is 4.90 Å². The largest absolute Gasteiger partial charge is 0.307 e. The maximum Gasteiger partial charge on any atom is 0.251 e. The van der Waals surface area contributed by atoms with E-state index in [-0.39, 0.29) is 5.91 Å². The molecule has 23 heavy (non-hydrogen) atoms. The van der Waals surface area contributed by atoms with Gasteiger partial charge in [0.05, 0.1) is 15.9 Å². The lowest BCUT2D eigenvalue weighted by atomic mass is 10.2. The standard InChI is InChI=1S/C18H14N2OS2/c21-18(20-11-12-22-16-8-4-2-6-14(16)20)10-9-17-19-13-5-1-3-7-15(13)23-17/h1-10H,11-12H2/b10-9+. The smallest absolute Gasteiger partial charge is 0.251 e. The number of fused-ring (bicyclic) bond motifs is 2. The van der Waals surface area contributed by atoms with E-state index in [2.05, 4.69) is 11.1 Å². The van der Waals surface area contributed by atoms with Crippen LogP contribution in [0.25, 0.3) is 16.3 Å². The maximum atomic E-state index is 12.6. The van der Waals surface area contributed by atoms with Crippen molar-refractivity contribution >= 4 is 51.0 Å². The van der Waals surface area contributed by atoms with Gasteiger partial charge in [0.25, 0.3) is 5.91 Å². The average Bonchev–Trinajstić information content (AvgIpc) is 3.02. The number of anilines is 1. The molecule has 0 N–H and O–H groups in total. The molecule has 0 fully saturated rings. The second kappa shape index (κ2) is 6.18. The Morgan fingerprint density at radius 3 is 2.87 bits per heavy atom. The Kier molecular flexibility index (Phi) is 3.89. The second-order valence-electron chi connectivity index (χ2n) is 5.16. The Balaban J connectivity index is 1.58. The number of aromatic nitrogens is 1. The maximum absolute atomic E-state index is 12.6. The van der Waals surface area contributed by atoms with Crippen LogP contribution in [-0.4, -0.2) is 23.2 Å². The fourth-order valence-corrected chi connectivity index (χ4v) is 4.46. The summed E-state index contributed by atoms with van der Waals surface area (Å²) in [5.74, 6) is 0.939. The topological polar surface area (TPSA) is 33.2 Å². The van der Waals surface area contributed by atoms with Crippen LogP contribution in [0.5, 0.6) is 0 Å². The van der Waals surface area contributed by atoms with E-state index in [0.717, 1.165) is 33.2 Å². The van der Waals surface area contributed by atoms with Gasteiger partial charge in [0.2, 0.25) is 0 Å². The number of para-hydroxylation sites is 2. The van der Waals surface area contributed by atoms with Gasteiger partial charge < -0.3 is 4.90 Å². The van der Waals surface area contributed by atoms with Gasteiger partial charge in [-0.3, -0.25) is 4.79 Å². The second-order valence-corrected chi connectivity index (χ2v) is 7.36. The van der Waals surface area contributed by atoms with Gasteiger partial charge in [-0.1, -0.05) is 24.3 Å². The predicted molar refractivity (Wildman–Crippen MR) is 98.2 cm³/mol. The minimum atomic E-state index is 0.0111. The molecule has 0 bridgehead atoms. The summed E-state index contributed by atoms with van der Waals surface area (Å²) >= 11 is 3.40. The van der Waals surface area contributed by atoms with E-state index in [1.54, 1.807) is 29.2 Å². The molecule has 2 heterocycles. The van der Waals surface area contributed by atoms with Crippen LogP contribution < -0.4 is 4.90 Å². The Hall–Kier alpha value is -2.11. The molecular weight excluding hydrogens is 324 g/mol. The predicted octanol–water partition coefficient (Wildman–Crippen LogP) is 4.45. The molecule has 1 amide bonds.